The smallest absolute Gasteiger partial charge is 0.0950 e. The van der Waals surface area contributed by atoms with Crippen LogP contribution in [0.5, 0.6) is 0 Å². The first-order valence-electron chi connectivity index (χ1n) is 7.05. The van der Waals surface area contributed by atoms with E-state index in [4.69, 9.17) is 0 Å². The third-order valence-corrected chi connectivity index (χ3v) is 3.50. The summed E-state index contributed by atoms with van der Waals surface area (Å²) in [5, 5.41) is 14.4. The molecule has 0 aliphatic rings. The maximum atomic E-state index is 9.82. The minimum atomic E-state index is -0.584. The summed E-state index contributed by atoms with van der Waals surface area (Å²) in [4.78, 5) is 0. The number of para-hydroxylation sites is 1. The first-order valence-corrected chi connectivity index (χ1v) is 7.05. The number of aliphatic hydroxyl groups excluding tert-OH is 1. The van der Waals surface area contributed by atoms with Crippen LogP contribution in [0, 0.1) is 6.92 Å². The van der Waals surface area contributed by atoms with Gasteiger partial charge in [-0.2, -0.15) is 5.10 Å². The van der Waals surface area contributed by atoms with Crippen LogP contribution in [0.3, 0.4) is 0 Å². The van der Waals surface area contributed by atoms with Crippen LogP contribution in [0.1, 0.15) is 24.3 Å². The Hall–Kier alpha value is -2.39. The Morgan fingerprint density at radius 3 is 2.29 bits per heavy atom. The predicted molar refractivity (Wildman–Crippen MR) is 84.4 cm³/mol. The molecular weight excluding hydrogens is 260 g/mol. The van der Waals surface area contributed by atoms with Crippen LogP contribution in [0.15, 0.2) is 60.7 Å². The van der Waals surface area contributed by atoms with Gasteiger partial charge in [-0.05, 0) is 32.0 Å². The van der Waals surface area contributed by atoms with E-state index >= 15 is 0 Å². The molecule has 106 valence electrons. The molecule has 0 saturated carbocycles. The Bertz CT molecular complexity index is 728. The average molecular weight is 278 g/mol. The molecule has 0 aliphatic heterocycles. The number of hydrogen-bond acceptors (Lipinski definition) is 2. The van der Waals surface area contributed by atoms with Gasteiger partial charge in [0.25, 0.3) is 0 Å². The highest BCUT2D eigenvalue weighted by Crippen LogP contribution is 2.26. The number of nitrogens with zero attached hydrogens (tertiary/aromatic N) is 2. The largest absolute Gasteiger partial charge is 0.387 e. The Morgan fingerprint density at radius 2 is 1.67 bits per heavy atom. The molecule has 0 spiro atoms. The first kappa shape index (κ1) is 13.6. The second-order valence-corrected chi connectivity index (χ2v) is 5.24. The molecule has 21 heavy (non-hydrogen) atoms. The molecule has 0 saturated heterocycles. The molecule has 3 nitrogen and oxygen atoms in total. The van der Waals surface area contributed by atoms with Gasteiger partial charge in [-0.3, -0.25) is 0 Å². The molecule has 2 aromatic carbocycles. The lowest BCUT2D eigenvalue weighted by molar-refractivity contribution is 0.193. The van der Waals surface area contributed by atoms with E-state index in [2.05, 4.69) is 36.3 Å². The zero-order valence-electron chi connectivity index (χ0n) is 12.2. The Labute approximate surface area is 124 Å². The molecular formula is C18H18N2O. The van der Waals surface area contributed by atoms with Crippen molar-refractivity contribution in [3.63, 3.8) is 0 Å². The van der Waals surface area contributed by atoms with E-state index in [1.807, 2.05) is 41.1 Å². The highest BCUT2D eigenvalue weighted by Gasteiger charge is 2.14. The van der Waals surface area contributed by atoms with Crippen LogP contribution < -0.4 is 0 Å². The minimum Gasteiger partial charge on any atom is -0.387 e. The molecule has 0 radical (unpaired) electrons. The lowest BCUT2D eigenvalue weighted by Gasteiger charge is -2.07. The fraction of sp³-hybridized carbons (Fsp3) is 0.167. The summed E-state index contributed by atoms with van der Waals surface area (Å²) in [5.74, 6) is 0. The lowest BCUT2D eigenvalue weighted by atomic mass is 10.1. The number of rotatable bonds is 3. The van der Waals surface area contributed by atoms with Crippen molar-refractivity contribution in [2.75, 3.05) is 0 Å². The van der Waals surface area contributed by atoms with E-state index in [1.54, 1.807) is 6.92 Å². The SMILES string of the molecule is Cc1ccc(-c2cc(C(C)O)nn2-c2ccccc2)cc1. The Balaban J connectivity index is 2.16. The summed E-state index contributed by atoms with van der Waals surface area (Å²) < 4.78 is 1.88. The molecule has 3 heteroatoms. The standard InChI is InChI=1S/C18H18N2O/c1-13-8-10-15(11-9-13)18-12-17(14(2)21)19-20(18)16-6-4-3-5-7-16/h3-12,14,21H,1-2H3. The van der Waals surface area contributed by atoms with Crippen molar-refractivity contribution in [1.29, 1.82) is 0 Å². The molecule has 0 amide bonds. The third-order valence-electron chi connectivity index (χ3n) is 3.50. The quantitative estimate of drug-likeness (QED) is 0.789. The van der Waals surface area contributed by atoms with Crippen molar-refractivity contribution >= 4 is 0 Å². The second kappa shape index (κ2) is 5.54. The van der Waals surface area contributed by atoms with E-state index in [0.717, 1.165) is 16.9 Å². The van der Waals surface area contributed by atoms with Gasteiger partial charge in [0.2, 0.25) is 0 Å². The number of aryl methyl sites for hydroxylation is 1. The molecule has 1 unspecified atom stereocenters. The van der Waals surface area contributed by atoms with E-state index in [9.17, 15) is 5.11 Å². The van der Waals surface area contributed by atoms with Gasteiger partial charge in [-0.15, -0.1) is 0 Å². The van der Waals surface area contributed by atoms with Crippen LogP contribution in [0.2, 0.25) is 0 Å². The van der Waals surface area contributed by atoms with E-state index < -0.39 is 6.10 Å². The van der Waals surface area contributed by atoms with E-state index in [-0.39, 0.29) is 0 Å². The van der Waals surface area contributed by atoms with E-state index in [0.29, 0.717) is 5.69 Å². The molecule has 1 N–H and O–H groups in total. The van der Waals surface area contributed by atoms with Crippen molar-refractivity contribution in [2.45, 2.75) is 20.0 Å². The van der Waals surface area contributed by atoms with Gasteiger partial charge in [-0.25, -0.2) is 4.68 Å². The molecule has 3 aromatic rings. The molecule has 0 fully saturated rings. The van der Waals surface area contributed by atoms with Crippen LogP contribution in [0.4, 0.5) is 0 Å². The van der Waals surface area contributed by atoms with Gasteiger partial charge in [0, 0.05) is 5.56 Å². The normalized spacial score (nSPS) is 12.3. The third kappa shape index (κ3) is 2.73. The van der Waals surface area contributed by atoms with Gasteiger partial charge in [0.1, 0.15) is 0 Å². The summed E-state index contributed by atoms with van der Waals surface area (Å²) in [6.45, 7) is 3.80. The monoisotopic (exact) mass is 278 g/mol. The molecule has 1 atom stereocenters. The van der Waals surface area contributed by atoms with Crippen LogP contribution in [0.25, 0.3) is 16.9 Å². The minimum absolute atomic E-state index is 0.584. The molecule has 0 bridgehead atoms. The Kier molecular flexibility index (Phi) is 3.59. The van der Waals surface area contributed by atoms with Crippen molar-refractivity contribution in [3.8, 4) is 16.9 Å². The van der Waals surface area contributed by atoms with E-state index in [1.165, 1.54) is 5.56 Å². The highest BCUT2D eigenvalue weighted by molar-refractivity contribution is 5.63. The summed E-state index contributed by atoms with van der Waals surface area (Å²) >= 11 is 0. The average Bonchev–Trinajstić information content (AvgIpc) is 2.94. The van der Waals surface area contributed by atoms with Crippen molar-refractivity contribution < 1.29 is 5.11 Å². The topological polar surface area (TPSA) is 38.1 Å². The number of benzene rings is 2. The van der Waals surface area contributed by atoms with Gasteiger partial charge in [-0.1, -0.05) is 48.0 Å². The molecule has 1 heterocycles. The fourth-order valence-electron chi connectivity index (χ4n) is 2.30. The zero-order chi connectivity index (χ0) is 14.8. The maximum Gasteiger partial charge on any atom is 0.0950 e. The van der Waals surface area contributed by atoms with Gasteiger partial charge in [0.05, 0.1) is 23.2 Å². The van der Waals surface area contributed by atoms with Crippen molar-refractivity contribution in [1.82, 2.24) is 9.78 Å². The first-order chi connectivity index (χ1) is 10.1. The second-order valence-electron chi connectivity index (χ2n) is 5.24. The summed E-state index contributed by atoms with van der Waals surface area (Å²) in [6.07, 6.45) is -0.584. The number of hydrogen-bond donors (Lipinski definition) is 1. The number of aliphatic hydroxyl groups is 1. The van der Waals surface area contributed by atoms with Crippen LogP contribution in [-0.2, 0) is 0 Å². The van der Waals surface area contributed by atoms with Gasteiger partial charge >= 0.3 is 0 Å². The molecule has 3 rings (SSSR count). The predicted octanol–water partition coefficient (Wildman–Crippen LogP) is 3.90. The van der Waals surface area contributed by atoms with Gasteiger partial charge in [0.15, 0.2) is 0 Å². The molecule has 0 aliphatic carbocycles. The summed E-state index contributed by atoms with van der Waals surface area (Å²) in [5.41, 5.74) is 4.95. The highest BCUT2D eigenvalue weighted by atomic mass is 16.3. The zero-order valence-corrected chi connectivity index (χ0v) is 12.2. The van der Waals surface area contributed by atoms with Crippen LogP contribution >= 0.6 is 0 Å². The molecule has 1 aromatic heterocycles. The number of aromatic nitrogens is 2. The summed E-state index contributed by atoms with van der Waals surface area (Å²) in [7, 11) is 0. The van der Waals surface area contributed by atoms with Crippen LogP contribution in [-0.4, -0.2) is 14.9 Å². The Morgan fingerprint density at radius 1 is 1.00 bits per heavy atom. The summed E-state index contributed by atoms with van der Waals surface area (Å²) in [6, 6.07) is 20.2. The fourth-order valence-corrected chi connectivity index (χ4v) is 2.30. The van der Waals surface area contributed by atoms with Crippen molar-refractivity contribution in [2.24, 2.45) is 0 Å². The van der Waals surface area contributed by atoms with Gasteiger partial charge < -0.3 is 5.11 Å². The maximum absolute atomic E-state index is 9.82. The lowest BCUT2D eigenvalue weighted by Crippen LogP contribution is -2.00. The van der Waals surface area contributed by atoms with Crippen molar-refractivity contribution in [3.05, 3.63) is 71.9 Å².